The summed E-state index contributed by atoms with van der Waals surface area (Å²) in [5, 5.41) is 3.06. The van der Waals surface area contributed by atoms with Crippen molar-refractivity contribution in [2.75, 3.05) is 19.6 Å². The molecule has 0 bridgehead atoms. The number of carbonyl (C=O) groups excluding carboxylic acids is 1. The molecule has 1 saturated carbocycles. The molecule has 19 heavy (non-hydrogen) atoms. The Bertz CT molecular complexity index is 412. The highest BCUT2D eigenvalue weighted by Crippen LogP contribution is 2.31. The molecule has 4 heteroatoms. The standard InChI is InChI=1S/C15H22N2O2/c18-15(6-5-14-2-1-9-19-14)16-10-12-7-8-17(11-12)13-3-4-13/h1-2,9,12-13H,3-8,10-11H2,(H,16,18)/t12-/m0/s1. The van der Waals surface area contributed by atoms with E-state index in [0.29, 0.717) is 18.8 Å². The zero-order chi connectivity index (χ0) is 13.1. The van der Waals surface area contributed by atoms with E-state index < -0.39 is 0 Å². The quantitative estimate of drug-likeness (QED) is 0.850. The maximum Gasteiger partial charge on any atom is 0.220 e. The number of aryl methyl sites for hydroxylation is 1. The largest absolute Gasteiger partial charge is 0.469 e. The molecule has 2 heterocycles. The summed E-state index contributed by atoms with van der Waals surface area (Å²) >= 11 is 0. The summed E-state index contributed by atoms with van der Waals surface area (Å²) in [5.74, 6) is 1.67. The van der Waals surface area contributed by atoms with Crippen LogP contribution in [0.4, 0.5) is 0 Å². The van der Waals surface area contributed by atoms with E-state index in [1.165, 1.54) is 32.4 Å². The summed E-state index contributed by atoms with van der Waals surface area (Å²) in [5.41, 5.74) is 0. The molecule has 1 aromatic rings. The molecule has 1 aromatic heterocycles. The summed E-state index contributed by atoms with van der Waals surface area (Å²) in [6.45, 7) is 3.22. The van der Waals surface area contributed by atoms with Crippen molar-refractivity contribution < 1.29 is 9.21 Å². The minimum atomic E-state index is 0.140. The van der Waals surface area contributed by atoms with E-state index >= 15 is 0 Å². The molecule has 2 fully saturated rings. The van der Waals surface area contributed by atoms with Crippen LogP contribution < -0.4 is 5.32 Å². The Balaban J connectivity index is 1.32. The van der Waals surface area contributed by atoms with Crippen molar-refractivity contribution in [3.8, 4) is 0 Å². The van der Waals surface area contributed by atoms with Gasteiger partial charge in [-0.1, -0.05) is 0 Å². The van der Waals surface area contributed by atoms with Crippen molar-refractivity contribution in [2.24, 2.45) is 5.92 Å². The van der Waals surface area contributed by atoms with Gasteiger partial charge in [-0.15, -0.1) is 0 Å². The van der Waals surface area contributed by atoms with Crippen molar-refractivity contribution in [2.45, 2.75) is 38.1 Å². The highest BCUT2D eigenvalue weighted by Gasteiger charge is 2.34. The molecule has 1 saturated heterocycles. The summed E-state index contributed by atoms with van der Waals surface area (Å²) < 4.78 is 5.22. The number of likely N-dealkylation sites (tertiary alicyclic amines) is 1. The number of nitrogens with one attached hydrogen (secondary N) is 1. The lowest BCUT2D eigenvalue weighted by Crippen LogP contribution is -2.31. The summed E-state index contributed by atoms with van der Waals surface area (Å²) in [6.07, 6.45) is 6.85. The second kappa shape index (κ2) is 5.78. The first-order valence-corrected chi connectivity index (χ1v) is 7.34. The number of amides is 1. The van der Waals surface area contributed by atoms with Gasteiger partial charge in [-0.25, -0.2) is 0 Å². The van der Waals surface area contributed by atoms with Gasteiger partial charge in [0.25, 0.3) is 0 Å². The molecule has 1 aliphatic carbocycles. The van der Waals surface area contributed by atoms with Crippen molar-refractivity contribution in [1.82, 2.24) is 10.2 Å². The van der Waals surface area contributed by atoms with Crippen molar-refractivity contribution in [3.63, 3.8) is 0 Å². The Morgan fingerprint density at radius 1 is 1.42 bits per heavy atom. The van der Waals surface area contributed by atoms with Crippen LogP contribution in [0, 0.1) is 5.92 Å². The predicted molar refractivity (Wildman–Crippen MR) is 72.7 cm³/mol. The highest BCUT2D eigenvalue weighted by atomic mass is 16.3. The van der Waals surface area contributed by atoms with Gasteiger partial charge < -0.3 is 14.6 Å². The Morgan fingerprint density at radius 2 is 2.32 bits per heavy atom. The zero-order valence-corrected chi connectivity index (χ0v) is 11.3. The van der Waals surface area contributed by atoms with Crippen LogP contribution in [0.15, 0.2) is 22.8 Å². The first-order valence-electron chi connectivity index (χ1n) is 7.34. The molecule has 1 aliphatic heterocycles. The second-order valence-electron chi connectivity index (χ2n) is 5.76. The van der Waals surface area contributed by atoms with Gasteiger partial charge in [0.2, 0.25) is 5.91 Å². The molecular weight excluding hydrogens is 240 g/mol. The average molecular weight is 262 g/mol. The van der Waals surface area contributed by atoms with E-state index in [2.05, 4.69) is 10.2 Å². The van der Waals surface area contributed by atoms with Gasteiger partial charge >= 0.3 is 0 Å². The van der Waals surface area contributed by atoms with E-state index in [-0.39, 0.29) is 5.91 Å². The number of nitrogens with zero attached hydrogens (tertiary/aromatic N) is 1. The molecule has 0 radical (unpaired) electrons. The normalized spacial score (nSPS) is 23.7. The third-order valence-corrected chi connectivity index (χ3v) is 4.15. The van der Waals surface area contributed by atoms with E-state index in [1.807, 2.05) is 12.1 Å². The lowest BCUT2D eigenvalue weighted by Gasteiger charge is -2.15. The SMILES string of the molecule is O=C(CCc1ccco1)NC[C@@H]1CCN(C2CC2)C1. The predicted octanol–water partition coefficient (Wildman–Crippen LogP) is 1.81. The van der Waals surface area contributed by atoms with Crippen molar-refractivity contribution >= 4 is 5.91 Å². The van der Waals surface area contributed by atoms with Gasteiger partial charge in [0.15, 0.2) is 0 Å². The summed E-state index contributed by atoms with van der Waals surface area (Å²) in [7, 11) is 0. The van der Waals surface area contributed by atoms with Crippen LogP contribution in [0.3, 0.4) is 0 Å². The van der Waals surface area contributed by atoms with Gasteiger partial charge in [0.05, 0.1) is 6.26 Å². The molecule has 1 N–H and O–H groups in total. The molecular formula is C15H22N2O2. The Morgan fingerprint density at radius 3 is 3.05 bits per heavy atom. The lowest BCUT2D eigenvalue weighted by atomic mass is 10.1. The van der Waals surface area contributed by atoms with Crippen LogP contribution in [-0.2, 0) is 11.2 Å². The van der Waals surface area contributed by atoms with Crippen LogP contribution in [0.5, 0.6) is 0 Å². The van der Waals surface area contributed by atoms with Gasteiger partial charge in [-0.05, 0) is 43.9 Å². The molecule has 104 valence electrons. The minimum Gasteiger partial charge on any atom is -0.469 e. The van der Waals surface area contributed by atoms with Gasteiger partial charge in [-0.2, -0.15) is 0 Å². The van der Waals surface area contributed by atoms with Crippen molar-refractivity contribution in [3.05, 3.63) is 24.2 Å². The van der Waals surface area contributed by atoms with Crippen LogP contribution in [0.1, 0.15) is 31.4 Å². The number of furan rings is 1. The third kappa shape index (κ3) is 3.60. The molecule has 1 amide bonds. The van der Waals surface area contributed by atoms with Gasteiger partial charge in [0, 0.05) is 32.0 Å². The smallest absolute Gasteiger partial charge is 0.220 e. The zero-order valence-electron chi connectivity index (χ0n) is 11.3. The Labute approximate surface area is 114 Å². The number of carbonyl (C=O) groups is 1. The summed E-state index contributed by atoms with van der Waals surface area (Å²) in [4.78, 5) is 14.3. The second-order valence-corrected chi connectivity index (χ2v) is 5.76. The fourth-order valence-corrected chi connectivity index (χ4v) is 2.84. The monoisotopic (exact) mass is 262 g/mol. The topological polar surface area (TPSA) is 45.5 Å². The molecule has 3 rings (SSSR count). The van der Waals surface area contributed by atoms with Crippen LogP contribution in [0.2, 0.25) is 0 Å². The number of hydrogen-bond acceptors (Lipinski definition) is 3. The number of hydrogen-bond donors (Lipinski definition) is 1. The molecule has 2 aliphatic rings. The minimum absolute atomic E-state index is 0.140. The first kappa shape index (κ1) is 12.7. The highest BCUT2D eigenvalue weighted by molar-refractivity contribution is 5.76. The Kier molecular flexibility index (Phi) is 3.87. The van der Waals surface area contributed by atoms with Gasteiger partial charge in [-0.3, -0.25) is 4.79 Å². The fourth-order valence-electron chi connectivity index (χ4n) is 2.84. The average Bonchev–Trinajstić information content (AvgIpc) is 2.95. The number of rotatable bonds is 6. The summed E-state index contributed by atoms with van der Waals surface area (Å²) in [6, 6.07) is 4.63. The van der Waals surface area contributed by atoms with E-state index in [1.54, 1.807) is 6.26 Å². The molecule has 4 nitrogen and oxygen atoms in total. The van der Waals surface area contributed by atoms with E-state index in [4.69, 9.17) is 4.42 Å². The first-order chi connectivity index (χ1) is 9.31. The van der Waals surface area contributed by atoms with Crippen LogP contribution in [-0.4, -0.2) is 36.5 Å². The lowest BCUT2D eigenvalue weighted by molar-refractivity contribution is -0.121. The van der Waals surface area contributed by atoms with Gasteiger partial charge in [0.1, 0.15) is 5.76 Å². The maximum atomic E-state index is 11.8. The van der Waals surface area contributed by atoms with Crippen LogP contribution in [0.25, 0.3) is 0 Å². The molecule has 1 atom stereocenters. The third-order valence-electron chi connectivity index (χ3n) is 4.15. The Hall–Kier alpha value is -1.29. The molecule has 0 unspecified atom stereocenters. The van der Waals surface area contributed by atoms with E-state index in [0.717, 1.165) is 18.3 Å². The van der Waals surface area contributed by atoms with Crippen LogP contribution >= 0.6 is 0 Å². The van der Waals surface area contributed by atoms with Crippen molar-refractivity contribution in [1.29, 1.82) is 0 Å². The molecule has 0 aromatic carbocycles. The van der Waals surface area contributed by atoms with E-state index in [9.17, 15) is 4.79 Å². The maximum absolute atomic E-state index is 11.8. The molecule has 0 spiro atoms. The fraction of sp³-hybridized carbons (Fsp3) is 0.667.